The lowest BCUT2D eigenvalue weighted by molar-refractivity contribution is -0.140. The largest absolute Gasteiger partial charge is 0.493 e. The van der Waals surface area contributed by atoms with Crippen LogP contribution in [0, 0.1) is 30.6 Å². The number of halogens is 1. The second-order valence-corrected chi connectivity index (χ2v) is 9.45. The van der Waals surface area contributed by atoms with E-state index in [1.807, 2.05) is 43.3 Å². The number of rotatable bonds is 6. The highest BCUT2D eigenvalue weighted by Gasteiger charge is 2.59. The fourth-order valence-electron chi connectivity index (χ4n) is 4.95. The Bertz CT molecular complexity index is 1110. The van der Waals surface area contributed by atoms with Gasteiger partial charge in [-0.05, 0) is 42.9 Å². The lowest BCUT2D eigenvalue weighted by atomic mass is 9.85. The van der Waals surface area contributed by atoms with Gasteiger partial charge in [0.25, 0.3) is 11.8 Å². The molecule has 4 atom stereocenters. The smallest absolute Gasteiger partial charge is 0.254 e. The second kappa shape index (κ2) is 8.20. The predicted molar refractivity (Wildman–Crippen MR) is 123 cm³/mol. The van der Waals surface area contributed by atoms with Crippen molar-refractivity contribution in [2.75, 3.05) is 7.11 Å². The van der Waals surface area contributed by atoms with Gasteiger partial charge in [0, 0.05) is 10.0 Å². The Morgan fingerprint density at radius 1 is 1.09 bits per heavy atom. The van der Waals surface area contributed by atoms with E-state index in [1.165, 1.54) is 11.8 Å². The van der Waals surface area contributed by atoms with Crippen LogP contribution in [0.1, 0.15) is 23.1 Å². The van der Waals surface area contributed by atoms with Crippen molar-refractivity contribution in [1.29, 1.82) is 0 Å². The van der Waals surface area contributed by atoms with Crippen molar-refractivity contribution >= 4 is 34.0 Å². The molecule has 3 aliphatic rings. The highest BCUT2D eigenvalue weighted by atomic mass is 79.9. The van der Waals surface area contributed by atoms with Crippen LogP contribution in [0.4, 0.5) is 0 Å². The van der Waals surface area contributed by atoms with E-state index in [0.29, 0.717) is 23.7 Å². The summed E-state index contributed by atoms with van der Waals surface area (Å²) in [6.07, 6.45) is 6.54. The topological polar surface area (TPSA) is 68.2 Å². The normalized spacial score (nSPS) is 25.8. The zero-order valence-electron chi connectivity index (χ0n) is 17.8. The van der Waals surface area contributed by atoms with Crippen molar-refractivity contribution in [3.63, 3.8) is 0 Å². The van der Waals surface area contributed by atoms with Crippen LogP contribution in [0.25, 0.3) is 0 Å². The van der Waals surface area contributed by atoms with Crippen molar-refractivity contribution in [3.05, 3.63) is 69.7 Å². The highest BCUT2D eigenvalue weighted by molar-refractivity contribution is 9.10. The number of hydrogen-bond donors (Lipinski definition) is 0. The molecule has 2 bridgehead atoms. The molecule has 0 N–H and O–H groups in total. The van der Waals surface area contributed by atoms with Crippen LogP contribution >= 0.6 is 15.9 Å². The van der Waals surface area contributed by atoms with E-state index in [4.69, 9.17) is 9.47 Å². The number of hydrogen-bond acceptors (Lipinski definition) is 5. The van der Waals surface area contributed by atoms with Gasteiger partial charge in [0.1, 0.15) is 6.61 Å². The average Bonchev–Trinajstić information content (AvgIpc) is 3.46. The van der Waals surface area contributed by atoms with Gasteiger partial charge in [-0.3, -0.25) is 9.59 Å². The number of aryl methyl sites for hydroxylation is 1. The van der Waals surface area contributed by atoms with Crippen LogP contribution in [0.15, 0.2) is 58.1 Å². The Hall–Kier alpha value is -2.93. The number of carbonyl (C=O) groups is 2. The van der Waals surface area contributed by atoms with E-state index in [-0.39, 0.29) is 35.5 Å². The molecule has 2 aromatic rings. The summed E-state index contributed by atoms with van der Waals surface area (Å²) in [5.41, 5.74) is 2.81. The number of ether oxygens (including phenoxy) is 2. The van der Waals surface area contributed by atoms with E-state index in [2.05, 4.69) is 33.2 Å². The Morgan fingerprint density at radius 2 is 1.75 bits per heavy atom. The number of allylic oxidation sites excluding steroid dienone is 2. The summed E-state index contributed by atoms with van der Waals surface area (Å²) in [5.74, 6) is 0.372. The molecule has 1 saturated carbocycles. The molecule has 6 nitrogen and oxygen atoms in total. The number of fused-ring (bicyclic) bond motifs is 5. The molecule has 5 rings (SSSR count). The standard InChI is InChI=1S/C25H23BrN2O4/c1-14-3-5-15(6-4-14)13-32-23-18(10-19(26)11-20(23)31-2)12-27-28-24(29)21-16-7-8-17(9-16)22(21)25(28)30/h3-8,10-12,16-17,21-22H,9,13H2,1-2H3/t16-,17-,21-,22+/m0/s1. The molecular weight excluding hydrogens is 472 g/mol. The molecule has 0 unspecified atom stereocenters. The van der Waals surface area contributed by atoms with Crippen LogP contribution in [0.3, 0.4) is 0 Å². The van der Waals surface area contributed by atoms with Gasteiger partial charge in [-0.2, -0.15) is 10.1 Å². The van der Waals surface area contributed by atoms with E-state index in [1.54, 1.807) is 7.11 Å². The van der Waals surface area contributed by atoms with Gasteiger partial charge in [-0.1, -0.05) is 57.9 Å². The first-order chi connectivity index (χ1) is 15.5. The summed E-state index contributed by atoms with van der Waals surface area (Å²) in [7, 11) is 1.57. The van der Waals surface area contributed by atoms with Crippen molar-refractivity contribution in [1.82, 2.24) is 5.01 Å². The maximum atomic E-state index is 12.9. The van der Waals surface area contributed by atoms with E-state index >= 15 is 0 Å². The number of carbonyl (C=O) groups excluding carboxylic acids is 2. The molecule has 2 aliphatic carbocycles. The van der Waals surface area contributed by atoms with Crippen molar-refractivity contribution in [2.24, 2.45) is 28.8 Å². The lowest BCUT2D eigenvalue weighted by Crippen LogP contribution is -2.28. The molecule has 2 amide bonds. The molecule has 7 heteroatoms. The van der Waals surface area contributed by atoms with Gasteiger partial charge in [-0.25, -0.2) is 0 Å². The zero-order valence-corrected chi connectivity index (χ0v) is 19.4. The summed E-state index contributed by atoms with van der Waals surface area (Å²) in [6, 6.07) is 11.7. The second-order valence-electron chi connectivity index (χ2n) is 8.53. The zero-order chi connectivity index (χ0) is 22.4. The molecule has 0 radical (unpaired) electrons. The quantitative estimate of drug-likeness (QED) is 0.337. The molecule has 164 valence electrons. The Kier molecular flexibility index (Phi) is 5.37. The molecule has 2 aromatic carbocycles. The number of imide groups is 1. The fourth-order valence-corrected chi connectivity index (χ4v) is 5.41. The fraction of sp³-hybridized carbons (Fsp3) is 0.320. The summed E-state index contributed by atoms with van der Waals surface area (Å²) < 4.78 is 12.4. The molecule has 32 heavy (non-hydrogen) atoms. The number of amides is 2. The van der Waals surface area contributed by atoms with Gasteiger partial charge in [0.2, 0.25) is 0 Å². The van der Waals surface area contributed by atoms with Gasteiger partial charge in [0.15, 0.2) is 11.5 Å². The van der Waals surface area contributed by atoms with E-state index in [0.717, 1.165) is 21.5 Å². The van der Waals surface area contributed by atoms with Crippen LogP contribution in [-0.4, -0.2) is 30.1 Å². The number of methoxy groups -OCH3 is 1. The van der Waals surface area contributed by atoms with Gasteiger partial charge < -0.3 is 9.47 Å². The molecular formula is C25H23BrN2O4. The molecule has 0 spiro atoms. The monoisotopic (exact) mass is 494 g/mol. The molecule has 0 aromatic heterocycles. The third-order valence-corrected chi connectivity index (χ3v) is 6.99. The molecule has 2 fully saturated rings. The van der Waals surface area contributed by atoms with Crippen molar-refractivity contribution in [3.8, 4) is 11.5 Å². The highest BCUT2D eigenvalue weighted by Crippen LogP contribution is 2.52. The Balaban J connectivity index is 1.41. The van der Waals surface area contributed by atoms with Crippen molar-refractivity contribution in [2.45, 2.75) is 20.0 Å². The number of hydrazone groups is 1. The first-order valence-electron chi connectivity index (χ1n) is 10.6. The van der Waals surface area contributed by atoms with Crippen LogP contribution in [0.5, 0.6) is 11.5 Å². The van der Waals surface area contributed by atoms with Crippen LogP contribution in [0.2, 0.25) is 0 Å². The van der Waals surface area contributed by atoms with Gasteiger partial charge in [0.05, 0.1) is 25.2 Å². The van der Waals surface area contributed by atoms with Gasteiger partial charge >= 0.3 is 0 Å². The minimum atomic E-state index is -0.274. The first-order valence-corrected chi connectivity index (χ1v) is 11.4. The number of nitrogens with zero attached hydrogens (tertiary/aromatic N) is 2. The van der Waals surface area contributed by atoms with E-state index < -0.39 is 0 Å². The molecule has 1 aliphatic heterocycles. The SMILES string of the molecule is COc1cc(Br)cc(C=NN2C(=O)[C@@H]3[C@H](C2=O)[C@H]2C=C[C@H]3C2)c1OCc1ccc(C)cc1. The third-order valence-electron chi connectivity index (χ3n) is 6.53. The summed E-state index contributed by atoms with van der Waals surface area (Å²) >= 11 is 3.48. The summed E-state index contributed by atoms with van der Waals surface area (Å²) in [6.45, 7) is 2.38. The van der Waals surface area contributed by atoms with Crippen molar-refractivity contribution < 1.29 is 19.1 Å². The van der Waals surface area contributed by atoms with Crippen LogP contribution < -0.4 is 9.47 Å². The lowest BCUT2D eigenvalue weighted by Gasteiger charge is -2.15. The summed E-state index contributed by atoms with van der Waals surface area (Å²) in [4.78, 5) is 25.8. The minimum Gasteiger partial charge on any atom is -0.493 e. The van der Waals surface area contributed by atoms with Gasteiger partial charge in [-0.15, -0.1) is 0 Å². The average molecular weight is 495 g/mol. The number of benzene rings is 2. The molecule has 1 saturated heterocycles. The van der Waals surface area contributed by atoms with E-state index in [9.17, 15) is 9.59 Å². The Morgan fingerprint density at radius 3 is 2.38 bits per heavy atom. The summed E-state index contributed by atoms with van der Waals surface area (Å²) in [5, 5.41) is 5.34. The van der Waals surface area contributed by atoms with Crippen LogP contribution in [-0.2, 0) is 16.2 Å². The maximum Gasteiger partial charge on any atom is 0.254 e. The third kappa shape index (κ3) is 3.54. The minimum absolute atomic E-state index is 0.154. The Labute approximate surface area is 195 Å². The molecule has 1 heterocycles. The predicted octanol–water partition coefficient (Wildman–Crippen LogP) is 4.49. The maximum absolute atomic E-state index is 12.9. The first kappa shape index (κ1) is 20.9.